The van der Waals surface area contributed by atoms with Gasteiger partial charge in [0.2, 0.25) is 11.8 Å². The summed E-state index contributed by atoms with van der Waals surface area (Å²) in [6.45, 7) is 9.79. The van der Waals surface area contributed by atoms with Crippen LogP contribution in [0.15, 0.2) is 49.6 Å². The quantitative estimate of drug-likeness (QED) is 0.166. The number of unbranched alkanes of at least 4 members (excludes halogenated alkanes) is 2. The number of carbonyl (C=O) groups excluding carboxylic acids is 4. The molecule has 2 bridgehead atoms. The highest BCUT2D eigenvalue weighted by Crippen LogP contribution is 2.59. The summed E-state index contributed by atoms with van der Waals surface area (Å²) in [4.78, 5) is 57.3. The molecule has 3 amide bonds. The Morgan fingerprint density at radius 1 is 1.23 bits per heavy atom. The number of nitrogens with one attached hydrogen (secondary N) is 1. The summed E-state index contributed by atoms with van der Waals surface area (Å²) in [6, 6.07) is 5.93. The second-order valence-corrected chi connectivity index (χ2v) is 11.9. The van der Waals surface area contributed by atoms with Gasteiger partial charge in [-0.3, -0.25) is 19.2 Å². The van der Waals surface area contributed by atoms with Crippen LogP contribution in [0.5, 0.6) is 0 Å². The van der Waals surface area contributed by atoms with E-state index in [0.717, 1.165) is 0 Å². The van der Waals surface area contributed by atoms with Gasteiger partial charge in [0.1, 0.15) is 17.7 Å². The molecule has 10 nitrogen and oxygen atoms in total. The van der Waals surface area contributed by atoms with Crippen LogP contribution in [0.1, 0.15) is 51.9 Å². The fraction of sp³-hybridized carbons (Fsp3) is 0.562. The monoisotopic (exact) mass is 615 g/mol. The lowest BCUT2D eigenvalue weighted by atomic mass is 9.70. The van der Waals surface area contributed by atoms with Gasteiger partial charge >= 0.3 is 5.97 Å². The van der Waals surface area contributed by atoms with Gasteiger partial charge in [0, 0.05) is 36.8 Å². The fourth-order valence-corrected chi connectivity index (χ4v) is 6.76. The summed E-state index contributed by atoms with van der Waals surface area (Å²) in [5.41, 5.74) is -0.567. The van der Waals surface area contributed by atoms with Crippen molar-refractivity contribution in [2.45, 2.75) is 75.7 Å². The molecule has 3 aliphatic rings. The second-order valence-electron chi connectivity index (χ2n) is 11.5. The van der Waals surface area contributed by atoms with Gasteiger partial charge in [-0.05, 0) is 69.7 Å². The normalized spacial score (nSPS) is 26.1. The molecule has 11 heteroatoms. The zero-order valence-corrected chi connectivity index (χ0v) is 25.5. The van der Waals surface area contributed by atoms with E-state index in [1.54, 1.807) is 53.1 Å². The number of rotatable bonds is 16. The van der Waals surface area contributed by atoms with E-state index in [1.165, 1.54) is 0 Å². The molecule has 6 atom stereocenters. The van der Waals surface area contributed by atoms with E-state index in [1.807, 2.05) is 0 Å². The molecule has 1 aromatic carbocycles. The first-order valence-corrected chi connectivity index (χ1v) is 15.4. The summed E-state index contributed by atoms with van der Waals surface area (Å²) in [5, 5.41) is 12.5. The Kier molecular flexibility index (Phi) is 11.0. The second kappa shape index (κ2) is 14.5. The predicted molar refractivity (Wildman–Crippen MR) is 162 cm³/mol. The molecule has 1 aromatic rings. The molecular weight excluding hydrogens is 574 g/mol. The van der Waals surface area contributed by atoms with Crippen molar-refractivity contribution in [3.63, 3.8) is 0 Å². The number of hydrogen-bond acceptors (Lipinski definition) is 7. The first kappa shape index (κ1) is 32.7. The van der Waals surface area contributed by atoms with Crippen LogP contribution in [0.4, 0.5) is 5.69 Å². The standard InChI is InChI=1S/C32H42ClN3O7/c1-4-6-10-25(38)34-20-21(3)42-31(41)26-24-15-16-32(43-24)27(26)29(39)36(18-8-7-9-19-37)28(32)30(40)35(17-5-2)23-13-11-22(33)12-14-23/h4-5,11-14,21,24,26-28,37H,1-2,6-10,15-20H2,3H3,(H,34,38)/t21-,24+,26-,27-,28+,32-/m1/s1. The molecule has 3 saturated heterocycles. The van der Waals surface area contributed by atoms with Crippen LogP contribution in [-0.2, 0) is 28.7 Å². The Morgan fingerprint density at radius 2 is 1.98 bits per heavy atom. The van der Waals surface area contributed by atoms with Gasteiger partial charge in [-0.1, -0.05) is 23.8 Å². The molecule has 0 aliphatic carbocycles. The van der Waals surface area contributed by atoms with E-state index in [9.17, 15) is 24.3 Å². The third-order valence-electron chi connectivity index (χ3n) is 8.56. The third-order valence-corrected chi connectivity index (χ3v) is 8.81. The lowest BCUT2D eigenvalue weighted by molar-refractivity contribution is -0.159. The van der Waals surface area contributed by atoms with Crippen molar-refractivity contribution in [2.24, 2.45) is 11.8 Å². The number of ether oxygens (including phenoxy) is 2. The molecule has 2 N–H and O–H groups in total. The SMILES string of the molecule is C=CCCC(=O)NC[C@@H](C)OC(=O)[C@@H]1[C@@H]2CC[C@]3(O2)[C@H](C(=O)N(CC=C)c2ccc(Cl)cc2)N(CCCCCO)C(=O)[C@@H]13. The number of anilines is 1. The van der Waals surface area contributed by atoms with E-state index in [0.29, 0.717) is 62.2 Å². The van der Waals surface area contributed by atoms with Gasteiger partial charge in [-0.15, -0.1) is 13.2 Å². The average molecular weight is 616 g/mol. The van der Waals surface area contributed by atoms with E-state index in [-0.39, 0.29) is 37.4 Å². The van der Waals surface area contributed by atoms with Crippen molar-refractivity contribution in [1.29, 1.82) is 0 Å². The maximum atomic E-state index is 14.4. The number of esters is 1. The Hall–Kier alpha value is -3.21. The van der Waals surface area contributed by atoms with Gasteiger partial charge in [0.15, 0.2) is 0 Å². The van der Waals surface area contributed by atoms with Crippen molar-refractivity contribution in [3.8, 4) is 0 Å². The highest BCUT2D eigenvalue weighted by Gasteiger charge is 2.75. The van der Waals surface area contributed by atoms with Crippen LogP contribution < -0.4 is 10.2 Å². The maximum Gasteiger partial charge on any atom is 0.312 e. The number of hydrogen-bond donors (Lipinski definition) is 2. The number of halogens is 1. The highest BCUT2D eigenvalue weighted by molar-refractivity contribution is 6.30. The average Bonchev–Trinajstić information content (AvgIpc) is 3.63. The lowest BCUT2D eigenvalue weighted by Gasteiger charge is -2.36. The van der Waals surface area contributed by atoms with Gasteiger partial charge in [0.05, 0.1) is 24.5 Å². The minimum atomic E-state index is -1.17. The summed E-state index contributed by atoms with van der Waals surface area (Å²) >= 11 is 6.10. The van der Waals surface area contributed by atoms with Gasteiger partial charge < -0.3 is 29.7 Å². The zero-order valence-electron chi connectivity index (χ0n) is 24.7. The first-order valence-electron chi connectivity index (χ1n) is 15.0. The number of fused-ring (bicyclic) bond motifs is 1. The minimum Gasteiger partial charge on any atom is -0.460 e. The number of nitrogens with zero attached hydrogens (tertiary/aromatic N) is 2. The van der Waals surface area contributed by atoms with E-state index < -0.39 is 41.7 Å². The number of carbonyl (C=O) groups is 4. The van der Waals surface area contributed by atoms with Gasteiger partial charge in [-0.2, -0.15) is 0 Å². The maximum absolute atomic E-state index is 14.4. The number of likely N-dealkylation sites (tertiary alicyclic amines) is 1. The number of allylic oxidation sites excluding steroid dienone is 1. The van der Waals surface area contributed by atoms with Crippen LogP contribution in [0.3, 0.4) is 0 Å². The number of amides is 3. The highest BCUT2D eigenvalue weighted by atomic mass is 35.5. The first-order chi connectivity index (χ1) is 20.7. The van der Waals surface area contributed by atoms with Crippen molar-refractivity contribution >= 4 is 41.0 Å². The van der Waals surface area contributed by atoms with E-state index in [2.05, 4.69) is 18.5 Å². The van der Waals surface area contributed by atoms with Crippen LogP contribution in [0, 0.1) is 11.8 Å². The molecule has 234 valence electrons. The molecule has 43 heavy (non-hydrogen) atoms. The molecule has 0 saturated carbocycles. The zero-order chi connectivity index (χ0) is 31.1. The Balaban J connectivity index is 1.59. The summed E-state index contributed by atoms with van der Waals surface area (Å²) in [6.07, 6.45) is 5.77. The molecule has 0 unspecified atom stereocenters. The largest absolute Gasteiger partial charge is 0.460 e. The van der Waals surface area contributed by atoms with Crippen molar-refractivity contribution in [1.82, 2.24) is 10.2 Å². The topological polar surface area (TPSA) is 125 Å². The molecule has 0 aromatic heterocycles. The number of aliphatic hydroxyl groups is 1. The molecule has 4 rings (SSSR count). The Labute approximate surface area is 258 Å². The summed E-state index contributed by atoms with van der Waals surface area (Å²) in [7, 11) is 0. The fourth-order valence-electron chi connectivity index (χ4n) is 6.63. The molecular formula is C32H42ClN3O7. The van der Waals surface area contributed by atoms with E-state index >= 15 is 0 Å². The smallest absolute Gasteiger partial charge is 0.312 e. The molecule has 0 radical (unpaired) electrons. The van der Waals surface area contributed by atoms with Crippen molar-refractivity contribution in [3.05, 3.63) is 54.6 Å². The summed E-state index contributed by atoms with van der Waals surface area (Å²) < 4.78 is 12.2. The Bertz CT molecular complexity index is 1210. The van der Waals surface area contributed by atoms with Crippen LogP contribution >= 0.6 is 11.6 Å². The molecule has 1 spiro atoms. The van der Waals surface area contributed by atoms with Crippen molar-refractivity contribution < 1.29 is 33.8 Å². The van der Waals surface area contributed by atoms with Gasteiger partial charge in [0.25, 0.3) is 5.91 Å². The molecule has 3 aliphatic heterocycles. The van der Waals surface area contributed by atoms with Crippen molar-refractivity contribution in [2.75, 3.05) is 31.1 Å². The van der Waals surface area contributed by atoms with Crippen LogP contribution in [-0.4, -0.2) is 83.8 Å². The minimum absolute atomic E-state index is 0.0398. The summed E-state index contributed by atoms with van der Waals surface area (Å²) in [5.74, 6) is -3.07. The number of aliphatic hydroxyl groups excluding tert-OH is 1. The number of benzene rings is 1. The molecule has 3 fully saturated rings. The lowest BCUT2D eigenvalue weighted by Crippen LogP contribution is -2.56. The van der Waals surface area contributed by atoms with E-state index in [4.69, 9.17) is 21.1 Å². The Morgan fingerprint density at radius 3 is 2.65 bits per heavy atom. The van der Waals surface area contributed by atoms with Crippen LogP contribution in [0.2, 0.25) is 5.02 Å². The van der Waals surface area contributed by atoms with Gasteiger partial charge in [-0.25, -0.2) is 0 Å². The predicted octanol–water partition coefficient (Wildman–Crippen LogP) is 3.41. The third kappa shape index (κ3) is 6.81. The molecule has 3 heterocycles. The van der Waals surface area contributed by atoms with Crippen LogP contribution in [0.25, 0.3) is 0 Å².